The Bertz CT molecular complexity index is 448. The van der Waals surface area contributed by atoms with Crippen LogP contribution in [0.4, 0.5) is 0 Å². The molecule has 0 aromatic carbocycles. The molecule has 0 rings (SSSR count). The lowest BCUT2D eigenvalue weighted by Crippen LogP contribution is -2.05. The Morgan fingerprint density at radius 1 is 0.581 bits per heavy atom. The Labute approximate surface area is 194 Å². The van der Waals surface area contributed by atoms with Crippen LogP contribution in [0.5, 0.6) is 0 Å². The van der Waals surface area contributed by atoms with E-state index < -0.39 is 0 Å². The van der Waals surface area contributed by atoms with Gasteiger partial charge in [-0.05, 0) is 44.9 Å². The molecule has 0 spiro atoms. The molecule has 2 nitrogen and oxygen atoms in total. The highest BCUT2D eigenvalue weighted by Gasteiger charge is 2.02. The lowest BCUT2D eigenvalue weighted by Gasteiger charge is -2.05. The smallest absolute Gasteiger partial charge is 0.305 e. The fraction of sp³-hybridized carbons (Fsp3) is 0.759. The van der Waals surface area contributed by atoms with E-state index in [0.29, 0.717) is 13.0 Å². The Balaban J connectivity index is 3.27. The minimum atomic E-state index is 0.000684. The summed E-state index contributed by atoms with van der Waals surface area (Å²) in [4.78, 5) is 11.8. The van der Waals surface area contributed by atoms with Crippen LogP contribution in [-0.2, 0) is 9.53 Å². The van der Waals surface area contributed by atoms with Gasteiger partial charge >= 0.3 is 5.97 Å². The van der Waals surface area contributed by atoms with Gasteiger partial charge in [-0.15, -0.1) is 0 Å². The molecule has 0 radical (unpaired) electrons. The first-order valence-electron chi connectivity index (χ1n) is 13.4. The van der Waals surface area contributed by atoms with Gasteiger partial charge in [0.25, 0.3) is 0 Å². The summed E-state index contributed by atoms with van der Waals surface area (Å²) < 4.78 is 5.36. The molecule has 0 aromatic heterocycles. The van der Waals surface area contributed by atoms with Crippen molar-refractivity contribution in [3.8, 4) is 0 Å². The quantitative estimate of drug-likeness (QED) is 0.0912. The first kappa shape index (κ1) is 29.7. The minimum Gasteiger partial charge on any atom is -0.466 e. The third kappa shape index (κ3) is 26.7. The predicted octanol–water partition coefficient (Wildman–Crippen LogP) is 9.65. The van der Waals surface area contributed by atoms with Gasteiger partial charge in [-0.25, -0.2) is 0 Å². The molecule has 0 unspecified atom stereocenters. The molecule has 0 bridgehead atoms. The van der Waals surface area contributed by atoms with E-state index in [0.717, 1.165) is 38.5 Å². The molecule has 0 saturated heterocycles. The van der Waals surface area contributed by atoms with Crippen LogP contribution in [0.2, 0.25) is 0 Å². The number of carbonyl (C=O) groups excluding carboxylic acids is 1. The van der Waals surface area contributed by atoms with Gasteiger partial charge in [0.15, 0.2) is 0 Å². The molecule has 180 valence electrons. The Hall–Kier alpha value is -1.31. The molecule has 2 heteroatoms. The summed E-state index contributed by atoms with van der Waals surface area (Å²) in [6, 6.07) is 0. The minimum absolute atomic E-state index is 0.000684. The number of ether oxygens (including phenoxy) is 1. The summed E-state index contributed by atoms with van der Waals surface area (Å²) in [5.74, 6) is 0.000684. The summed E-state index contributed by atoms with van der Waals surface area (Å²) in [7, 11) is 0. The fourth-order valence-corrected chi connectivity index (χ4v) is 3.56. The normalized spacial score (nSPS) is 11.9. The van der Waals surface area contributed by atoms with Crippen LogP contribution in [0.1, 0.15) is 136 Å². The predicted molar refractivity (Wildman–Crippen MR) is 137 cm³/mol. The van der Waals surface area contributed by atoms with E-state index in [-0.39, 0.29) is 5.97 Å². The average Bonchev–Trinajstić information content (AvgIpc) is 2.77. The Morgan fingerprint density at radius 2 is 1.10 bits per heavy atom. The van der Waals surface area contributed by atoms with Gasteiger partial charge in [0.2, 0.25) is 0 Å². The number of rotatable bonds is 23. The maximum atomic E-state index is 11.8. The molecule has 0 amide bonds. The highest BCUT2D eigenvalue weighted by molar-refractivity contribution is 5.69. The number of carbonyl (C=O) groups is 1. The van der Waals surface area contributed by atoms with Crippen molar-refractivity contribution in [2.24, 2.45) is 0 Å². The third-order valence-corrected chi connectivity index (χ3v) is 5.54. The second kappa shape index (κ2) is 26.7. The Kier molecular flexibility index (Phi) is 25.6. The van der Waals surface area contributed by atoms with Crippen LogP contribution in [0, 0.1) is 0 Å². The molecule has 31 heavy (non-hydrogen) atoms. The second-order valence-electron chi connectivity index (χ2n) is 8.65. The zero-order valence-electron chi connectivity index (χ0n) is 20.9. The maximum Gasteiger partial charge on any atom is 0.305 e. The Morgan fingerprint density at radius 3 is 1.74 bits per heavy atom. The molecule has 0 heterocycles. The van der Waals surface area contributed by atoms with Gasteiger partial charge in [0, 0.05) is 6.42 Å². The van der Waals surface area contributed by atoms with Crippen LogP contribution in [0.3, 0.4) is 0 Å². The highest BCUT2D eigenvalue weighted by Crippen LogP contribution is 2.11. The van der Waals surface area contributed by atoms with E-state index in [1.807, 2.05) is 0 Å². The molecule has 0 aromatic rings. The molecule has 0 fully saturated rings. The van der Waals surface area contributed by atoms with E-state index in [1.165, 1.54) is 77.0 Å². The summed E-state index contributed by atoms with van der Waals surface area (Å²) in [6.07, 6.45) is 36.0. The summed E-state index contributed by atoms with van der Waals surface area (Å²) in [5.41, 5.74) is 0. The largest absolute Gasteiger partial charge is 0.466 e. The van der Waals surface area contributed by atoms with Gasteiger partial charge in [-0.3, -0.25) is 4.79 Å². The van der Waals surface area contributed by atoms with E-state index >= 15 is 0 Å². The number of esters is 1. The van der Waals surface area contributed by atoms with Gasteiger partial charge in [-0.2, -0.15) is 0 Å². The van der Waals surface area contributed by atoms with Crippen LogP contribution in [0.15, 0.2) is 36.5 Å². The van der Waals surface area contributed by atoms with Gasteiger partial charge in [-0.1, -0.05) is 121 Å². The van der Waals surface area contributed by atoms with Crippen molar-refractivity contribution in [3.05, 3.63) is 36.5 Å². The van der Waals surface area contributed by atoms with Crippen molar-refractivity contribution in [2.45, 2.75) is 136 Å². The van der Waals surface area contributed by atoms with E-state index in [1.54, 1.807) is 0 Å². The maximum absolute atomic E-state index is 11.8. The van der Waals surface area contributed by atoms with Crippen molar-refractivity contribution < 1.29 is 9.53 Å². The zero-order valence-corrected chi connectivity index (χ0v) is 20.9. The van der Waals surface area contributed by atoms with Gasteiger partial charge in [0.1, 0.15) is 0 Å². The average molecular weight is 433 g/mol. The monoisotopic (exact) mass is 432 g/mol. The zero-order chi connectivity index (χ0) is 22.7. The topological polar surface area (TPSA) is 26.3 Å². The summed E-state index contributed by atoms with van der Waals surface area (Å²) >= 11 is 0. The van der Waals surface area contributed by atoms with E-state index in [2.05, 4.69) is 50.3 Å². The fourth-order valence-electron chi connectivity index (χ4n) is 3.56. The SMILES string of the molecule is CC/C=C\C/C=C\C/C=C\CCCCCCCC(=O)OCCCCCCCCCCC. The van der Waals surface area contributed by atoms with Crippen molar-refractivity contribution in [3.63, 3.8) is 0 Å². The standard InChI is InChI=1S/C29H52O2/c1-3-5-7-9-11-13-14-15-16-17-18-19-21-23-25-27-29(30)31-28-26-24-22-20-12-10-8-6-4-2/h5,7,11,13,15-16H,3-4,6,8-10,12,14,17-28H2,1-2H3/b7-5-,13-11-,16-15-. The van der Waals surface area contributed by atoms with Crippen LogP contribution >= 0.6 is 0 Å². The van der Waals surface area contributed by atoms with Crippen molar-refractivity contribution in [1.29, 1.82) is 0 Å². The lowest BCUT2D eigenvalue weighted by molar-refractivity contribution is -0.143. The van der Waals surface area contributed by atoms with Crippen molar-refractivity contribution in [2.75, 3.05) is 6.61 Å². The summed E-state index contributed by atoms with van der Waals surface area (Å²) in [6.45, 7) is 5.04. The first-order valence-corrected chi connectivity index (χ1v) is 13.4. The number of allylic oxidation sites excluding steroid dienone is 6. The van der Waals surface area contributed by atoms with Crippen LogP contribution in [0.25, 0.3) is 0 Å². The van der Waals surface area contributed by atoms with E-state index in [9.17, 15) is 4.79 Å². The van der Waals surface area contributed by atoms with Crippen molar-refractivity contribution in [1.82, 2.24) is 0 Å². The first-order chi connectivity index (χ1) is 15.3. The van der Waals surface area contributed by atoms with Crippen molar-refractivity contribution >= 4 is 5.97 Å². The lowest BCUT2D eigenvalue weighted by atomic mass is 10.1. The number of unbranched alkanes of at least 4 members (excludes halogenated alkanes) is 13. The molecule has 0 saturated carbocycles. The molecule has 0 aliphatic heterocycles. The number of hydrogen-bond donors (Lipinski definition) is 0. The molecule has 0 aliphatic carbocycles. The van der Waals surface area contributed by atoms with Gasteiger partial charge < -0.3 is 4.74 Å². The molecule has 0 N–H and O–H groups in total. The highest BCUT2D eigenvalue weighted by atomic mass is 16.5. The number of hydrogen-bond acceptors (Lipinski definition) is 2. The van der Waals surface area contributed by atoms with Crippen LogP contribution in [-0.4, -0.2) is 12.6 Å². The summed E-state index contributed by atoms with van der Waals surface area (Å²) in [5, 5.41) is 0. The second-order valence-corrected chi connectivity index (χ2v) is 8.65. The third-order valence-electron chi connectivity index (χ3n) is 5.54. The molecule has 0 aliphatic rings. The molecular formula is C29H52O2. The molecule has 0 atom stereocenters. The van der Waals surface area contributed by atoms with Gasteiger partial charge in [0.05, 0.1) is 6.61 Å². The van der Waals surface area contributed by atoms with Crippen LogP contribution < -0.4 is 0 Å². The molecular weight excluding hydrogens is 380 g/mol. The van der Waals surface area contributed by atoms with E-state index in [4.69, 9.17) is 4.74 Å².